The number of para-hydroxylation sites is 1. The number of rotatable bonds is 6. The van der Waals surface area contributed by atoms with E-state index in [4.69, 9.17) is 10.5 Å². The highest BCUT2D eigenvalue weighted by molar-refractivity contribution is 5.20. The van der Waals surface area contributed by atoms with E-state index in [1.807, 2.05) is 36.5 Å². The van der Waals surface area contributed by atoms with Crippen molar-refractivity contribution >= 4 is 0 Å². The van der Waals surface area contributed by atoms with Gasteiger partial charge in [-0.1, -0.05) is 25.1 Å². The second kappa shape index (κ2) is 6.21. The summed E-state index contributed by atoms with van der Waals surface area (Å²) in [6.45, 7) is 3.45. The summed E-state index contributed by atoms with van der Waals surface area (Å²) in [6, 6.07) is 9.85. The molecule has 0 aliphatic heterocycles. The first-order valence-corrected chi connectivity index (χ1v) is 6.24. The molecule has 0 aliphatic rings. The zero-order valence-corrected chi connectivity index (χ0v) is 10.6. The summed E-state index contributed by atoms with van der Waals surface area (Å²) in [5.41, 5.74) is 7.08. The van der Waals surface area contributed by atoms with Crippen molar-refractivity contribution < 1.29 is 4.74 Å². The molecule has 0 amide bonds. The molecule has 0 spiro atoms. The van der Waals surface area contributed by atoms with Gasteiger partial charge in [0.05, 0.1) is 18.6 Å². The second-order valence-electron chi connectivity index (χ2n) is 4.19. The van der Waals surface area contributed by atoms with Crippen molar-refractivity contribution in [3.05, 3.63) is 48.5 Å². The molecule has 2 N–H and O–H groups in total. The molecule has 96 valence electrons. The largest absolute Gasteiger partial charge is 0.492 e. The summed E-state index contributed by atoms with van der Waals surface area (Å²) in [5, 5.41) is 0. The molecule has 0 unspecified atom stereocenters. The van der Waals surface area contributed by atoms with Crippen molar-refractivity contribution in [3.8, 4) is 5.75 Å². The summed E-state index contributed by atoms with van der Waals surface area (Å²) in [5.74, 6) is 0.888. The van der Waals surface area contributed by atoms with Gasteiger partial charge in [-0.3, -0.25) is 0 Å². The fourth-order valence-corrected chi connectivity index (χ4v) is 1.81. The van der Waals surface area contributed by atoms with Crippen LogP contribution in [0.3, 0.4) is 0 Å². The van der Waals surface area contributed by atoms with Crippen LogP contribution in [-0.4, -0.2) is 16.2 Å². The Labute approximate surface area is 107 Å². The van der Waals surface area contributed by atoms with Gasteiger partial charge >= 0.3 is 0 Å². The lowest BCUT2D eigenvalue weighted by molar-refractivity contribution is 0.295. The normalized spacial score (nSPS) is 12.3. The van der Waals surface area contributed by atoms with E-state index >= 15 is 0 Å². The van der Waals surface area contributed by atoms with Crippen LogP contribution in [0.5, 0.6) is 5.75 Å². The molecule has 2 aromatic rings. The monoisotopic (exact) mass is 245 g/mol. The average molecular weight is 245 g/mol. The number of nitrogens with two attached hydrogens (primary N) is 1. The van der Waals surface area contributed by atoms with Crippen LogP contribution in [0.2, 0.25) is 0 Å². The van der Waals surface area contributed by atoms with E-state index in [1.165, 1.54) is 0 Å². The second-order valence-corrected chi connectivity index (χ2v) is 4.19. The Morgan fingerprint density at radius 3 is 2.83 bits per heavy atom. The van der Waals surface area contributed by atoms with Gasteiger partial charge < -0.3 is 15.0 Å². The maximum absolute atomic E-state index is 6.02. The minimum absolute atomic E-state index is 0.0456. The Morgan fingerprint density at radius 2 is 2.11 bits per heavy atom. The van der Waals surface area contributed by atoms with Crippen molar-refractivity contribution in [2.24, 2.45) is 5.73 Å². The minimum Gasteiger partial charge on any atom is -0.492 e. The van der Waals surface area contributed by atoms with Crippen molar-refractivity contribution in [2.45, 2.75) is 25.9 Å². The first kappa shape index (κ1) is 12.6. The smallest absolute Gasteiger partial charge is 0.119 e. The van der Waals surface area contributed by atoms with E-state index in [9.17, 15) is 0 Å². The lowest BCUT2D eigenvalue weighted by Gasteiger charge is -2.13. The molecule has 0 fully saturated rings. The van der Waals surface area contributed by atoms with Crippen LogP contribution in [-0.2, 0) is 6.54 Å². The van der Waals surface area contributed by atoms with Gasteiger partial charge in [0.25, 0.3) is 0 Å². The average Bonchev–Trinajstić information content (AvgIpc) is 2.87. The van der Waals surface area contributed by atoms with E-state index < -0.39 is 0 Å². The molecule has 1 heterocycles. The Bertz CT molecular complexity index is 467. The van der Waals surface area contributed by atoms with Crippen LogP contribution >= 0.6 is 0 Å². The van der Waals surface area contributed by atoms with E-state index in [2.05, 4.69) is 16.5 Å². The number of aromatic nitrogens is 2. The van der Waals surface area contributed by atoms with Gasteiger partial charge in [0.2, 0.25) is 0 Å². The predicted molar refractivity (Wildman–Crippen MR) is 71.4 cm³/mol. The van der Waals surface area contributed by atoms with Gasteiger partial charge in [-0.2, -0.15) is 0 Å². The Kier molecular flexibility index (Phi) is 4.36. The highest BCUT2D eigenvalue weighted by Gasteiger charge is 2.09. The third-order valence-corrected chi connectivity index (χ3v) is 2.91. The molecule has 0 aliphatic carbocycles. The summed E-state index contributed by atoms with van der Waals surface area (Å²) in [6.07, 6.45) is 4.54. The lowest BCUT2D eigenvalue weighted by atomic mass is 10.2. The van der Waals surface area contributed by atoms with Gasteiger partial charge in [-0.25, -0.2) is 4.98 Å². The molecule has 0 saturated carbocycles. The van der Waals surface area contributed by atoms with Crippen molar-refractivity contribution in [1.29, 1.82) is 0 Å². The number of nitrogens with zero attached hydrogens (tertiary/aromatic N) is 2. The number of hydrogen-bond donors (Lipinski definition) is 1. The Balaban J connectivity index is 1.89. The highest BCUT2D eigenvalue weighted by atomic mass is 16.5. The SMILES string of the molecule is CC[C@@H](N)c1cncn1CCOc1ccccc1. The molecule has 18 heavy (non-hydrogen) atoms. The van der Waals surface area contributed by atoms with E-state index in [1.54, 1.807) is 6.33 Å². The van der Waals surface area contributed by atoms with Crippen LogP contribution in [0.15, 0.2) is 42.9 Å². The number of ether oxygens (including phenoxy) is 1. The molecule has 2 rings (SSSR count). The van der Waals surface area contributed by atoms with Gasteiger partial charge in [0.15, 0.2) is 0 Å². The van der Waals surface area contributed by atoms with Gasteiger partial charge in [0.1, 0.15) is 12.4 Å². The van der Waals surface area contributed by atoms with E-state index in [0.29, 0.717) is 6.61 Å². The summed E-state index contributed by atoms with van der Waals surface area (Å²) >= 11 is 0. The first-order chi connectivity index (χ1) is 8.81. The predicted octanol–water partition coefficient (Wildman–Crippen LogP) is 2.37. The molecule has 1 aromatic carbocycles. The zero-order valence-electron chi connectivity index (χ0n) is 10.6. The maximum atomic E-state index is 6.02. The van der Waals surface area contributed by atoms with E-state index in [0.717, 1.165) is 24.4 Å². The molecule has 0 radical (unpaired) electrons. The number of hydrogen-bond acceptors (Lipinski definition) is 3. The standard InChI is InChI=1S/C14H19N3O/c1-2-13(15)14-10-16-11-17(14)8-9-18-12-6-4-3-5-7-12/h3-7,10-11,13H,2,8-9,15H2,1H3/t13-/m1/s1. The number of imidazole rings is 1. The number of benzene rings is 1. The molecular weight excluding hydrogens is 226 g/mol. The molecular formula is C14H19N3O. The maximum Gasteiger partial charge on any atom is 0.119 e. The molecule has 1 atom stereocenters. The van der Waals surface area contributed by atoms with Crippen LogP contribution < -0.4 is 10.5 Å². The Hall–Kier alpha value is -1.81. The van der Waals surface area contributed by atoms with Gasteiger partial charge in [-0.15, -0.1) is 0 Å². The molecule has 4 heteroatoms. The lowest BCUT2D eigenvalue weighted by Crippen LogP contribution is -2.16. The minimum atomic E-state index is 0.0456. The Morgan fingerprint density at radius 1 is 1.33 bits per heavy atom. The molecule has 1 aromatic heterocycles. The van der Waals surface area contributed by atoms with Crippen LogP contribution in [0.25, 0.3) is 0 Å². The molecule has 0 saturated heterocycles. The fourth-order valence-electron chi connectivity index (χ4n) is 1.81. The molecule has 0 bridgehead atoms. The topological polar surface area (TPSA) is 53.1 Å². The molecule has 4 nitrogen and oxygen atoms in total. The third kappa shape index (κ3) is 3.11. The summed E-state index contributed by atoms with van der Waals surface area (Å²) < 4.78 is 7.71. The fraction of sp³-hybridized carbons (Fsp3) is 0.357. The van der Waals surface area contributed by atoms with Crippen molar-refractivity contribution in [2.75, 3.05) is 6.61 Å². The summed E-state index contributed by atoms with van der Waals surface area (Å²) in [7, 11) is 0. The highest BCUT2D eigenvalue weighted by Crippen LogP contribution is 2.13. The van der Waals surface area contributed by atoms with Crippen molar-refractivity contribution in [3.63, 3.8) is 0 Å². The zero-order chi connectivity index (χ0) is 12.8. The van der Waals surface area contributed by atoms with Crippen LogP contribution in [0, 0.1) is 0 Å². The van der Waals surface area contributed by atoms with Crippen molar-refractivity contribution in [1.82, 2.24) is 9.55 Å². The van der Waals surface area contributed by atoms with E-state index in [-0.39, 0.29) is 6.04 Å². The van der Waals surface area contributed by atoms with Gasteiger partial charge in [-0.05, 0) is 18.6 Å². The third-order valence-electron chi connectivity index (χ3n) is 2.91. The quantitative estimate of drug-likeness (QED) is 0.850. The van der Waals surface area contributed by atoms with Gasteiger partial charge in [0, 0.05) is 12.2 Å². The van der Waals surface area contributed by atoms with Crippen LogP contribution in [0.1, 0.15) is 25.1 Å². The summed E-state index contributed by atoms with van der Waals surface area (Å²) in [4.78, 5) is 4.14. The van der Waals surface area contributed by atoms with Crippen LogP contribution in [0.4, 0.5) is 0 Å². The first-order valence-electron chi connectivity index (χ1n) is 6.24.